The molecule has 6 aliphatic rings. The molecule has 0 radical (unpaired) electrons. The highest BCUT2D eigenvalue weighted by Gasteiger charge is 2.71. The largest absolute Gasteiger partial charge is 0.394 e. The molecule has 5 saturated carbocycles. The molecule has 12 heteroatoms. The second-order valence-electron chi connectivity index (χ2n) is 20.6. The van der Waals surface area contributed by atoms with E-state index >= 15 is 0 Å². The Bertz CT molecular complexity index is 1370. The van der Waals surface area contributed by atoms with Crippen LogP contribution in [0.5, 0.6) is 0 Å². The molecule has 6 fully saturated rings. The van der Waals surface area contributed by atoms with E-state index in [1.54, 1.807) is 0 Å². The topological polar surface area (TPSA) is 210 Å². The van der Waals surface area contributed by atoms with E-state index in [-0.39, 0.29) is 52.6 Å². The normalized spacial score (nSPS) is 52.0. The van der Waals surface area contributed by atoms with Crippen LogP contribution in [0.3, 0.4) is 0 Å². The summed E-state index contributed by atoms with van der Waals surface area (Å²) in [6.45, 7) is 17.1. The molecule has 0 bridgehead atoms. The first-order valence-electron chi connectivity index (χ1n) is 21.2. The fraction of sp³-hybridized carbons (Fsp3) is 0.953. The van der Waals surface area contributed by atoms with Gasteiger partial charge in [-0.1, -0.05) is 46.3 Å². The molecular formula is C43H74O12. The summed E-state index contributed by atoms with van der Waals surface area (Å²) in [4.78, 5) is 0. The van der Waals surface area contributed by atoms with E-state index in [0.29, 0.717) is 24.7 Å². The summed E-state index contributed by atoms with van der Waals surface area (Å²) in [5.74, 6) is -0.183. The molecule has 12 nitrogen and oxygen atoms in total. The molecule has 0 aromatic heterocycles. The van der Waals surface area contributed by atoms with Crippen LogP contribution in [-0.2, 0) is 14.2 Å². The third-order valence-electron chi connectivity index (χ3n) is 17.2. The Morgan fingerprint density at radius 1 is 0.764 bits per heavy atom. The number of hydrogen-bond acceptors (Lipinski definition) is 12. The SMILES string of the molecule is CC(C)=CCCC(C)(O[C@@H]1C[C@H](CO[C@@H]2O[C@H](CO)[C@@H](O)[C@H](O)[C@H]2O)[C@@H](O)[C@H](O)[C@H]1O)[C@H]1CC[C@]2(C)[C@@H]1[C@H](O)C[C@@H]1[C@@]3(C)CC[C@H](O)C(C)(C)[C@@H]3CC[C@]12C. The van der Waals surface area contributed by atoms with Gasteiger partial charge in [-0.15, -0.1) is 0 Å². The zero-order valence-electron chi connectivity index (χ0n) is 34.5. The maximum Gasteiger partial charge on any atom is 0.186 e. The molecule has 0 amide bonds. The lowest BCUT2D eigenvalue weighted by Gasteiger charge is -2.70. The molecule has 0 spiro atoms. The van der Waals surface area contributed by atoms with E-state index in [1.165, 1.54) is 5.57 Å². The van der Waals surface area contributed by atoms with Gasteiger partial charge in [0.1, 0.15) is 36.6 Å². The lowest BCUT2D eigenvalue weighted by Crippen LogP contribution is -2.66. The van der Waals surface area contributed by atoms with Gasteiger partial charge in [0.15, 0.2) is 6.29 Å². The molecule has 1 heterocycles. The van der Waals surface area contributed by atoms with Crippen LogP contribution in [-0.4, -0.2) is 132 Å². The van der Waals surface area contributed by atoms with Crippen LogP contribution in [0.15, 0.2) is 11.6 Å². The highest BCUT2D eigenvalue weighted by molar-refractivity contribution is 5.20. The average molecular weight is 783 g/mol. The van der Waals surface area contributed by atoms with Crippen molar-refractivity contribution in [2.45, 2.75) is 193 Å². The van der Waals surface area contributed by atoms with Crippen LogP contribution in [0.2, 0.25) is 0 Å². The van der Waals surface area contributed by atoms with Crippen molar-refractivity contribution in [2.24, 2.45) is 51.2 Å². The van der Waals surface area contributed by atoms with E-state index in [2.05, 4.69) is 61.5 Å². The lowest BCUT2D eigenvalue weighted by molar-refractivity contribution is -0.308. The van der Waals surface area contributed by atoms with Gasteiger partial charge in [0, 0.05) is 5.92 Å². The first-order chi connectivity index (χ1) is 25.6. The van der Waals surface area contributed by atoms with E-state index in [9.17, 15) is 46.0 Å². The molecule has 1 unspecified atom stereocenters. The van der Waals surface area contributed by atoms with Crippen molar-refractivity contribution in [3.05, 3.63) is 11.6 Å². The highest BCUT2D eigenvalue weighted by Crippen LogP contribution is 2.76. The Labute approximate surface area is 328 Å². The Balaban J connectivity index is 1.25. The van der Waals surface area contributed by atoms with E-state index in [1.807, 2.05) is 0 Å². The monoisotopic (exact) mass is 783 g/mol. The van der Waals surface area contributed by atoms with Crippen LogP contribution in [0.4, 0.5) is 0 Å². The minimum Gasteiger partial charge on any atom is -0.394 e. The van der Waals surface area contributed by atoms with Gasteiger partial charge in [-0.05, 0) is 130 Å². The molecule has 0 aromatic carbocycles. The molecule has 9 N–H and O–H groups in total. The van der Waals surface area contributed by atoms with Crippen molar-refractivity contribution in [1.29, 1.82) is 0 Å². The summed E-state index contributed by atoms with van der Waals surface area (Å²) in [6.07, 6.45) is -3.50. The Morgan fingerprint density at radius 2 is 1.42 bits per heavy atom. The third-order valence-corrected chi connectivity index (χ3v) is 17.2. The molecular weight excluding hydrogens is 708 g/mol. The highest BCUT2D eigenvalue weighted by atomic mass is 16.7. The second kappa shape index (κ2) is 15.7. The zero-order chi connectivity index (χ0) is 40.6. The van der Waals surface area contributed by atoms with Gasteiger partial charge < -0.3 is 60.2 Å². The van der Waals surface area contributed by atoms with E-state index < -0.39 is 79.4 Å². The van der Waals surface area contributed by atoms with Gasteiger partial charge >= 0.3 is 0 Å². The van der Waals surface area contributed by atoms with Crippen molar-refractivity contribution in [3.63, 3.8) is 0 Å². The van der Waals surface area contributed by atoms with Gasteiger partial charge in [0.25, 0.3) is 0 Å². The molecule has 5 aliphatic carbocycles. The first kappa shape index (κ1) is 43.8. The Morgan fingerprint density at radius 3 is 2.07 bits per heavy atom. The van der Waals surface area contributed by atoms with Gasteiger partial charge in [-0.2, -0.15) is 0 Å². The molecule has 6 rings (SSSR count). The number of hydrogen-bond donors (Lipinski definition) is 9. The standard InChI is InChI=1S/C43H74O12/c1-22(2)10-9-14-43(8,55-26-18-23(32(47)35(50)33(26)48)21-53-38-37(52)36(51)34(49)27(20-44)54-38)24-11-16-42(7)31(24)25(45)19-29-40(5)15-13-30(46)39(3,4)28(40)12-17-41(29,42)6/h10,23-38,44-52H,9,11-21H2,1-8H3/t23-,24+,25-,26-,27-,28+,29-,30+,31+,32-,33+,34-,35+,36+,37-,38-,40+,41-,42-,43?/m1/s1. The zero-order valence-corrected chi connectivity index (χ0v) is 34.5. The van der Waals surface area contributed by atoms with Crippen LogP contribution in [0, 0.1) is 51.2 Å². The number of ether oxygens (including phenoxy) is 3. The molecule has 55 heavy (non-hydrogen) atoms. The van der Waals surface area contributed by atoms with Crippen LogP contribution >= 0.6 is 0 Å². The predicted octanol–water partition coefficient (Wildman–Crippen LogP) is 2.81. The summed E-state index contributed by atoms with van der Waals surface area (Å²) in [7, 11) is 0. The number of allylic oxidation sites excluding steroid dienone is 2. The van der Waals surface area contributed by atoms with Crippen LogP contribution < -0.4 is 0 Å². The number of aliphatic hydroxyl groups is 9. The van der Waals surface area contributed by atoms with Crippen molar-refractivity contribution in [2.75, 3.05) is 13.2 Å². The summed E-state index contributed by atoms with van der Waals surface area (Å²) in [6, 6.07) is 0. The van der Waals surface area contributed by atoms with E-state index in [4.69, 9.17) is 14.2 Å². The predicted molar refractivity (Wildman–Crippen MR) is 204 cm³/mol. The molecule has 0 aromatic rings. The second-order valence-corrected chi connectivity index (χ2v) is 20.6. The minimum absolute atomic E-state index is 0.00188. The minimum atomic E-state index is -1.62. The summed E-state index contributed by atoms with van der Waals surface area (Å²) in [5.41, 5.74) is -0.0391. The fourth-order valence-electron chi connectivity index (χ4n) is 13.7. The summed E-state index contributed by atoms with van der Waals surface area (Å²) < 4.78 is 18.4. The number of fused-ring (bicyclic) bond motifs is 5. The molecule has 20 atom stereocenters. The van der Waals surface area contributed by atoms with Crippen molar-refractivity contribution >= 4 is 0 Å². The Hall–Kier alpha value is -0.740. The fourth-order valence-corrected chi connectivity index (χ4v) is 13.7. The maximum atomic E-state index is 12.5. The van der Waals surface area contributed by atoms with Gasteiger partial charge in [0.2, 0.25) is 0 Å². The van der Waals surface area contributed by atoms with Crippen LogP contribution in [0.25, 0.3) is 0 Å². The smallest absolute Gasteiger partial charge is 0.186 e. The summed E-state index contributed by atoms with van der Waals surface area (Å²) in [5, 5.41) is 97.9. The number of aliphatic hydroxyl groups excluding tert-OH is 9. The number of rotatable bonds is 10. The lowest BCUT2D eigenvalue weighted by atomic mass is 9.35. The van der Waals surface area contributed by atoms with E-state index in [0.717, 1.165) is 44.9 Å². The van der Waals surface area contributed by atoms with Crippen LogP contribution in [0.1, 0.15) is 120 Å². The maximum absolute atomic E-state index is 12.5. The summed E-state index contributed by atoms with van der Waals surface area (Å²) >= 11 is 0. The van der Waals surface area contributed by atoms with Gasteiger partial charge in [0.05, 0.1) is 43.2 Å². The van der Waals surface area contributed by atoms with Gasteiger partial charge in [-0.3, -0.25) is 0 Å². The van der Waals surface area contributed by atoms with Gasteiger partial charge in [-0.25, -0.2) is 0 Å². The molecule has 1 saturated heterocycles. The first-order valence-corrected chi connectivity index (χ1v) is 21.2. The quantitative estimate of drug-likeness (QED) is 0.147. The molecule has 318 valence electrons. The van der Waals surface area contributed by atoms with Crippen molar-refractivity contribution < 1.29 is 60.2 Å². The van der Waals surface area contributed by atoms with Crippen molar-refractivity contribution in [3.8, 4) is 0 Å². The Kier molecular flexibility index (Phi) is 12.5. The third kappa shape index (κ3) is 7.22. The molecule has 1 aliphatic heterocycles. The average Bonchev–Trinajstić information content (AvgIpc) is 3.51. The van der Waals surface area contributed by atoms with Crippen molar-refractivity contribution in [1.82, 2.24) is 0 Å².